The first-order valence-corrected chi connectivity index (χ1v) is 7.16. The first-order valence-electron chi connectivity index (χ1n) is 6.78. The van der Waals surface area contributed by atoms with E-state index in [0.29, 0.717) is 5.02 Å². The highest BCUT2D eigenvalue weighted by atomic mass is 35.5. The second kappa shape index (κ2) is 6.78. The largest absolute Gasteiger partial charge is 0.366 e. The van der Waals surface area contributed by atoms with E-state index in [1.807, 2.05) is 11.9 Å². The van der Waals surface area contributed by atoms with Gasteiger partial charge in [0.25, 0.3) is 0 Å². The predicted octanol–water partition coefficient (Wildman–Crippen LogP) is 0.307. The quantitative estimate of drug-likeness (QED) is 0.839. The Hall–Kier alpha value is -1.79. The number of amides is 2. The molecule has 114 valence electrons. The molecule has 21 heavy (non-hydrogen) atoms. The van der Waals surface area contributed by atoms with E-state index in [2.05, 4.69) is 5.32 Å². The summed E-state index contributed by atoms with van der Waals surface area (Å²) in [5, 5.41) is 3.50. The lowest BCUT2D eigenvalue weighted by Crippen LogP contribution is -2.49. The SMILES string of the molecule is CN(CC(=O)N1CCNCC1)c1ccc(C(N)=O)c(Cl)c1. The molecule has 1 saturated heterocycles. The fraction of sp³-hybridized carbons (Fsp3) is 0.429. The third-order valence-corrected chi connectivity index (χ3v) is 3.81. The number of carbonyl (C=O) groups is 2. The lowest BCUT2D eigenvalue weighted by molar-refractivity contribution is -0.130. The van der Waals surface area contributed by atoms with Crippen LogP contribution in [0.15, 0.2) is 18.2 Å². The van der Waals surface area contributed by atoms with Gasteiger partial charge in [-0.25, -0.2) is 0 Å². The van der Waals surface area contributed by atoms with E-state index in [9.17, 15) is 9.59 Å². The van der Waals surface area contributed by atoms with E-state index in [-0.39, 0.29) is 18.0 Å². The summed E-state index contributed by atoms with van der Waals surface area (Å²) in [7, 11) is 1.82. The Morgan fingerprint density at radius 3 is 2.62 bits per heavy atom. The number of primary amides is 1. The molecule has 1 aliphatic heterocycles. The lowest BCUT2D eigenvalue weighted by Gasteiger charge is -2.29. The van der Waals surface area contributed by atoms with Crippen LogP contribution in [-0.4, -0.2) is 56.5 Å². The Morgan fingerprint density at radius 2 is 2.05 bits per heavy atom. The first-order chi connectivity index (χ1) is 9.99. The van der Waals surface area contributed by atoms with Crippen LogP contribution in [-0.2, 0) is 4.79 Å². The molecule has 2 rings (SSSR count). The summed E-state index contributed by atoms with van der Waals surface area (Å²) in [4.78, 5) is 27.0. The van der Waals surface area contributed by atoms with Gasteiger partial charge in [0.1, 0.15) is 0 Å². The van der Waals surface area contributed by atoms with Crippen molar-refractivity contribution >= 4 is 29.1 Å². The molecule has 1 fully saturated rings. The third-order valence-electron chi connectivity index (χ3n) is 3.50. The average molecular weight is 311 g/mol. The van der Waals surface area contributed by atoms with E-state index in [0.717, 1.165) is 31.9 Å². The number of nitrogens with two attached hydrogens (primary N) is 1. The van der Waals surface area contributed by atoms with Gasteiger partial charge < -0.3 is 20.9 Å². The molecule has 0 radical (unpaired) electrons. The number of rotatable bonds is 4. The molecule has 1 aromatic rings. The molecule has 0 unspecified atom stereocenters. The highest BCUT2D eigenvalue weighted by molar-refractivity contribution is 6.34. The van der Waals surface area contributed by atoms with Crippen molar-refractivity contribution in [2.24, 2.45) is 5.73 Å². The van der Waals surface area contributed by atoms with Crippen molar-refractivity contribution in [3.8, 4) is 0 Å². The van der Waals surface area contributed by atoms with E-state index in [1.165, 1.54) is 0 Å². The number of benzene rings is 1. The number of halogens is 1. The van der Waals surface area contributed by atoms with Crippen molar-refractivity contribution in [2.75, 3.05) is 44.7 Å². The van der Waals surface area contributed by atoms with Crippen LogP contribution < -0.4 is 16.0 Å². The minimum Gasteiger partial charge on any atom is -0.366 e. The van der Waals surface area contributed by atoms with Crippen molar-refractivity contribution in [2.45, 2.75) is 0 Å². The normalized spacial score (nSPS) is 14.9. The number of carbonyl (C=O) groups excluding carboxylic acids is 2. The Kier molecular flexibility index (Phi) is 5.03. The maximum Gasteiger partial charge on any atom is 0.250 e. The van der Waals surface area contributed by atoms with Crippen molar-refractivity contribution in [1.82, 2.24) is 10.2 Å². The molecule has 1 heterocycles. The fourth-order valence-corrected chi connectivity index (χ4v) is 2.52. The van der Waals surface area contributed by atoms with Crippen LogP contribution in [0, 0.1) is 0 Å². The van der Waals surface area contributed by atoms with Crippen LogP contribution in [0.5, 0.6) is 0 Å². The summed E-state index contributed by atoms with van der Waals surface area (Å²) in [6.45, 7) is 3.39. The highest BCUT2D eigenvalue weighted by Crippen LogP contribution is 2.22. The van der Waals surface area contributed by atoms with Gasteiger partial charge in [-0.3, -0.25) is 9.59 Å². The number of nitrogens with one attached hydrogen (secondary N) is 1. The smallest absolute Gasteiger partial charge is 0.250 e. The van der Waals surface area contributed by atoms with Crippen LogP contribution in [0.25, 0.3) is 0 Å². The summed E-state index contributed by atoms with van der Waals surface area (Å²) >= 11 is 6.02. The molecule has 7 heteroatoms. The van der Waals surface area contributed by atoms with Gasteiger partial charge in [-0.05, 0) is 18.2 Å². The highest BCUT2D eigenvalue weighted by Gasteiger charge is 2.18. The van der Waals surface area contributed by atoms with Gasteiger partial charge in [-0.1, -0.05) is 11.6 Å². The van der Waals surface area contributed by atoms with Crippen molar-refractivity contribution < 1.29 is 9.59 Å². The van der Waals surface area contributed by atoms with Crippen molar-refractivity contribution in [3.05, 3.63) is 28.8 Å². The zero-order valence-electron chi connectivity index (χ0n) is 11.9. The molecule has 3 N–H and O–H groups in total. The molecule has 0 aromatic heterocycles. The van der Waals surface area contributed by atoms with E-state index in [4.69, 9.17) is 17.3 Å². The van der Waals surface area contributed by atoms with Gasteiger partial charge in [0.15, 0.2) is 0 Å². The topological polar surface area (TPSA) is 78.7 Å². The summed E-state index contributed by atoms with van der Waals surface area (Å²) in [6, 6.07) is 4.95. The van der Waals surface area contributed by atoms with E-state index in [1.54, 1.807) is 23.1 Å². The molecule has 6 nitrogen and oxygen atoms in total. The summed E-state index contributed by atoms with van der Waals surface area (Å²) in [6.07, 6.45) is 0. The van der Waals surface area contributed by atoms with Crippen LogP contribution in [0.2, 0.25) is 5.02 Å². The molecule has 2 amide bonds. The van der Waals surface area contributed by atoms with Crippen LogP contribution in [0.1, 0.15) is 10.4 Å². The number of nitrogens with zero attached hydrogens (tertiary/aromatic N) is 2. The Balaban J connectivity index is 2.02. The monoisotopic (exact) mass is 310 g/mol. The number of likely N-dealkylation sites (N-methyl/N-ethyl adjacent to an activating group) is 1. The molecular formula is C14H19ClN4O2. The second-order valence-corrected chi connectivity index (χ2v) is 5.42. The molecule has 1 aliphatic rings. The van der Waals surface area contributed by atoms with Crippen LogP contribution >= 0.6 is 11.6 Å². The molecule has 0 bridgehead atoms. The molecule has 0 aliphatic carbocycles. The standard InChI is InChI=1S/C14H19ClN4O2/c1-18(9-13(20)19-6-4-17-5-7-19)10-2-3-11(14(16)21)12(15)8-10/h2-3,8,17H,4-7,9H2,1H3,(H2,16,21). The van der Waals surface area contributed by atoms with Crippen molar-refractivity contribution in [3.63, 3.8) is 0 Å². The van der Waals surface area contributed by atoms with Gasteiger partial charge in [0, 0.05) is 38.9 Å². The minimum absolute atomic E-state index is 0.0779. The molecular weight excluding hydrogens is 292 g/mol. The Morgan fingerprint density at radius 1 is 1.38 bits per heavy atom. The summed E-state index contributed by atoms with van der Waals surface area (Å²) < 4.78 is 0. The van der Waals surface area contributed by atoms with Gasteiger partial charge >= 0.3 is 0 Å². The van der Waals surface area contributed by atoms with Gasteiger partial charge in [0.2, 0.25) is 11.8 Å². The third kappa shape index (κ3) is 3.86. The lowest BCUT2D eigenvalue weighted by atomic mass is 10.2. The Bertz CT molecular complexity index is 544. The average Bonchev–Trinajstić information content (AvgIpc) is 2.47. The number of hydrogen-bond acceptors (Lipinski definition) is 4. The minimum atomic E-state index is -0.564. The zero-order chi connectivity index (χ0) is 15.4. The maximum atomic E-state index is 12.2. The maximum absolute atomic E-state index is 12.2. The van der Waals surface area contributed by atoms with Crippen molar-refractivity contribution in [1.29, 1.82) is 0 Å². The molecule has 0 atom stereocenters. The van der Waals surface area contributed by atoms with Crippen LogP contribution in [0.3, 0.4) is 0 Å². The summed E-state index contributed by atoms with van der Waals surface area (Å²) in [5.74, 6) is -0.486. The predicted molar refractivity (Wildman–Crippen MR) is 82.7 cm³/mol. The zero-order valence-corrected chi connectivity index (χ0v) is 12.7. The molecule has 0 saturated carbocycles. The Labute approximate surface area is 128 Å². The number of anilines is 1. The van der Waals surface area contributed by atoms with E-state index >= 15 is 0 Å². The first kappa shape index (κ1) is 15.6. The second-order valence-electron chi connectivity index (χ2n) is 5.02. The number of hydrogen-bond donors (Lipinski definition) is 2. The summed E-state index contributed by atoms with van der Waals surface area (Å²) in [5.41, 5.74) is 6.27. The van der Waals surface area contributed by atoms with Gasteiger partial charge in [0.05, 0.1) is 17.1 Å². The fourth-order valence-electron chi connectivity index (χ4n) is 2.25. The molecule has 1 aromatic carbocycles. The number of piperazine rings is 1. The van der Waals surface area contributed by atoms with Gasteiger partial charge in [-0.2, -0.15) is 0 Å². The van der Waals surface area contributed by atoms with E-state index < -0.39 is 5.91 Å². The molecule has 0 spiro atoms. The van der Waals surface area contributed by atoms with Crippen LogP contribution in [0.4, 0.5) is 5.69 Å². The van der Waals surface area contributed by atoms with Gasteiger partial charge in [-0.15, -0.1) is 0 Å².